The lowest BCUT2D eigenvalue weighted by Crippen LogP contribution is -2.38. The number of piperidine rings is 1. The molecule has 2 fully saturated rings. The lowest BCUT2D eigenvalue weighted by Gasteiger charge is -2.29. The fourth-order valence-electron chi connectivity index (χ4n) is 3.65. The normalized spacial score (nSPS) is 19.7. The maximum absolute atomic E-state index is 12.7. The number of benzene rings is 1. The molecule has 1 aromatic rings. The first kappa shape index (κ1) is 20.2. The molecule has 3 rings (SSSR count). The molecular weight excluding hydrogens is 382 g/mol. The molecule has 1 amide bonds. The number of rotatable bonds is 4. The van der Waals surface area contributed by atoms with Gasteiger partial charge in [0.25, 0.3) is 0 Å². The smallest absolute Gasteiger partial charge is 0.243 e. The molecule has 148 valence electrons. The van der Waals surface area contributed by atoms with Crippen LogP contribution in [0.5, 0.6) is 0 Å². The molecule has 8 heteroatoms. The van der Waals surface area contributed by atoms with Crippen LogP contribution < -0.4 is 10.6 Å². The lowest BCUT2D eigenvalue weighted by atomic mass is 10.0. The monoisotopic (exact) mass is 409 g/mol. The number of hydrogen-bond acceptors (Lipinski definition) is 4. The zero-order valence-corrected chi connectivity index (χ0v) is 17.2. The summed E-state index contributed by atoms with van der Waals surface area (Å²) in [5.74, 6) is 0.580. The highest BCUT2D eigenvalue weighted by Gasteiger charge is 2.28. The fourth-order valence-corrected chi connectivity index (χ4v) is 5.34. The largest absolute Gasteiger partial charge is 0.332 e. The molecule has 0 spiro atoms. The summed E-state index contributed by atoms with van der Waals surface area (Å²) in [6.07, 6.45) is 5.79. The van der Waals surface area contributed by atoms with Gasteiger partial charge >= 0.3 is 0 Å². The first-order valence-electron chi connectivity index (χ1n) is 9.58. The van der Waals surface area contributed by atoms with Crippen LogP contribution in [-0.4, -0.2) is 36.8 Å². The number of sulfonamides is 1. The van der Waals surface area contributed by atoms with Gasteiger partial charge in [0.05, 0.1) is 4.90 Å². The summed E-state index contributed by atoms with van der Waals surface area (Å²) in [7, 11) is -3.46. The highest BCUT2D eigenvalue weighted by Crippen LogP contribution is 2.25. The van der Waals surface area contributed by atoms with Crippen LogP contribution in [0.2, 0.25) is 0 Å². The van der Waals surface area contributed by atoms with Gasteiger partial charge in [0.2, 0.25) is 15.9 Å². The summed E-state index contributed by atoms with van der Waals surface area (Å²) >= 11 is 5.20. The SMILES string of the molecule is CC1CCN(S(=O)(=O)c2ccc(NC(=S)NC(=O)C3CCCC3)cc2)CC1. The maximum atomic E-state index is 12.7. The Balaban J connectivity index is 1.58. The Kier molecular flexibility index (Phi) is 6.49. The van der Waals surface area contributed by atoms with Gasteiger partial charge in [-0.25, -0.2) is 8.42 Å². The molecule has 0 unspecified atom stereocenters. The number of carbonyl (C=O) groups excluding carboxylic acids is 1. The van der Waals surface area contributed by atoms with Gasteiger partial charge in [-0.3, -0.25) is 4.79 Å². The van der Waals surface area contributed by atoms with E-state index >= 15 is 0 Å². The summed E-state index contributed by atoms with van der Waals surface area (Å²) in [6.45, 7) is 3.29. The number of anilines is 1. The van der Waals surface area contributed by atoms with Gasteiger partial charge in [0, 0.05) is 24.7 Å². The van der Waals surface area contributed by atoms with Gasteiger partial charge < -0.3 is 10.6 Å². The van der Waals surface area contributed by atoms with E-state index in [-0.39, 0.29) is 21.8 Å². The van der Waals surface area contributed by atoms with Crippen LogP contribution in [0.25, 0.3) is 0 Å². The summed E-state index contributed by atoms with van der Waals surface area (Å²) in [4.78, 5) is 12.4. The number of nitrogens with zero attached hydrogens (tertiary/aromatic N) is 1. The Hall–Kier alpha value is -1.51. The molecule has 1 saturated heterocycles. The van der Waals surface area contributed by atoms with Gasteiger partial charge in [-0.05, 0) is 68.1 Å². The zero-order valence-electron chi connectivity index (χ0n) is 15.6. The van der Waals surface area contributed by atoms with E-state index in [4.69, 9.17) is 12.2 Å². The van der Waals surface area contributed by atoms with Crippen LogP contribution >= 0.6 is 12.2 Å². The average molecular weight is 410 g/mol. The van der Waals surface area contributed by atoms with E-state index in [0.717, 1.165) is 38.5 Å². The molecule has 2 N–H and O–H groups in total. The Morgan fingerprint density at radius 2 is 1.67 bits per heavy atom. The van der Waals surface area contributed by atoms with Crippen molar-refractivity contribution >= 4 is 38.9 Å². The molecule has 0 radical (unpaired) electrons. The zero-order chi connectivity index (χ0) is 19.4. The van der Waals surface area contributed by atoms with Crippen molar-refractivity contribution in [2.45, 2.75) is 50.3 Å². The standard InChI is InChI=1S/C19H27N3O3S2/c1-14-10-12-22(13-11-14)27(24,25)17-8-6-16(7-9-17)20-19(26)21-18(23)15-4-2-3-5-15/h6-9,14-15H,2-5,10-13H2,1H3,(H2,20,21,23,26). The second-order valence-corrected chi connectivity index (χ2v) is 9.88. The van der Waals surface area contributed by atoms with Crippen molar-refractivity contribution in [3.8, 4) is 0 Å². The van der Waals surface area contributed by atoms with E-state index in [1.807, 2.05) is 0 Å². The molecule has 1 heterocycles. The van der Waals surface area contributed by atoms with Crippen LogP contribution in [0.3, 0.4) is 0 Å². The summed E-state index contributed by atoms with van der Waals surface area (Å²) in [5, 5.41) is 5.92. The average Bonchev–Trinajstić information content (AvgIpc) is 3.17. The van der Waals surface area contributed by atoms with Crippen molar-refractivity contribution in [1.82, 2.24) is 9.62 Å². The predicted molar refractivity (Wildman–Crippen MR) is 110 cm³/mol. The first-order valence-corrected chi connectivity index (χ1v) is 11.4. The van der Waals surface area contributed by atoms with Crippen LogP contribution in [0.4, 0.5) is 5.69 Å². The minimum atomic E-state index is -3.46. The Labute approximate surface area is 166 Å². The van der Waals surface area contributed by atoms with Crippen LogP contribution in [-0.2, 0) is 14.8 Å². The Bertz CT molecular complexity index is 779. The van der Waals surface area contributed by atoms with Gasteiger partial charge in [-0.15, -0.1) is 0 Å². The summed E-state index contributed by atoms with van der Waals surface area (Å²) in [5.41, 5.74) is 0.651. The van der Waals surface area contributed by atoms with E-state index < -0.39 is 10.0 Å². The Morgan fingerprint density at radius 3 is 2.26 bits per heavy atom. The van der Waals surface area contributed by atoms with Crippen LogP contribution in [0, 0.1) is 11.8 Å². The minimum absolute atomic E-state index is 0.0384. The predicted octanol–water partition coefficient (Wildman–Crippen LogP) is 3.11. The summed E-state index contributed by atoms with van der Waals surface area (Å²) in [6, 6.07) is 6.51. The highest BCUT2D eigenvalue weighted by molar-refractivity contribution is 7.89. The molecule has 1 aliphatic carbocycles. The van der Waals surface area contributed by atoms with Crippen molar-refractivity contribution in [3.63, 3.8) is 0 Å². The molecule has 6 nitrogen and oxygen atoms in total. The van der Waals surface area contributed by atoms with Crippen molar-refractivity contribution in [2.75, 3.05) is 18.4 Å². The molecule has 0 atom stereocenters. The minimum Gasteiger partial charge on any atom is -0.332 e. The first-order chi connectivity index (χ1) is 12.9. The van der Waals surface area contributed by atoms with E-state index in [2.05, 4.69) is 17.6 Å². The van der Waals surface area contributed by atoms with Gasteiger partial charge in [0.1, 0.15) is 0 Å². The third-order valence-corrected chi connectivity index (χ3v) is 7.57. The van der Waals surface area contributed by atoms with E-state index in [0.29, 0.717) is 24.7 Å². The van der Waals surface area contributed by atoms with Crippen molar-refractivity contribution < 1.29 is 13.2 Å². The maximum Gasteiger partial charge on any atom is 0.243 e. The molecule has 1 aliphatic heterocycles. The molecule has 0 aromatic heterocycles. The van der Waals surface area contributed by atoms with E-state index in [9.17, 15) is 13.2 Å². The number of hydrogen-bond donors (Lipinski definition) is 2. The third kappa shape index (κ3) is 5.06. The molecule has 27 heavy (non-hydrogen) atoms. The lowest BCUT2D eigenvalue weighted by molar-refractivity contribution is -0.123. The fraction of sp³-hybridized carbons (Fsp3) is 0.579. The molecule has 1 aromatic carbocycles. The molecule has 1 saturated carbocycles. The van der Waals surface area contributed by atoms with Crippen molar-refractivity contribution in [1.29, 1.82) is 0 Å². The van der Waals surface area contributed by atoms with E-state index in [1.165, 1.54) is 0 Å². The second kappa shape index (κ2) is 8.67. The van der Waals surface area contributed by atoms with E-state index in [1.54, 1.807) is 28.6 Å². The van der Waals surface area contributed by atoms with Crippen LogP contribution in [0.15, 0.2) is 29.2 Å². The summed E-state index contributed by atoms with van der Waals surface area (Å²) < 4.78 is 27.0. The quantitative estimate of drug-likeness (QED) is 0.747. The van der Waals surface area contributed by atoms with Crippen molar-refractivity contribution in [3.05, 3.63) is 24.3 Å². The number of nitrogens with one attached hydrogen (secondary N) is 2. The Morgan fingerprint density at radius 1 is 1.07 bits per heavy atom. The molecule has 0 bridgehead atoms. The topological polar surface area (TPSA) is 78.5 Å². The van der Waals surface area contributed by atoms with Crippen molar-refractivity contribution in [2.24, 2.45) is 11.8 Å². The van der Waals surface area contributed by atoms with Gasteiger partial charge in [0.15, 0.2) is 5.11 Å². The number of thiocarbonyl (C=S) groups is 1. The molecular formula is C19H27N3O3S2. The molecule has 2 aliphatic rings. The number of carbonyl (C=O) groups is 1. The second-order valence-electron chi connectivity index (χ2n) is 7.54. The van der Waals surface area contributed by atoms with Gasteiger partial charge in [-0.2, -0.15) is 4.31 Å². The van der Waals surface area contributed by atoms with Gasteiger partial charge in [-0.1, -0.05) is 19.8 Å². The third-order valence-electron chi connectivity index (χ3n) is 5.46. The number of amides is 1. The van der Waals surface area contributed by atoms with Crippen LogP contribution in [0.1, 0.15) is 45.4 Å². The highest BCUT2D eigenvalue weighted by atomic mass is 32.2.